The fraction of sp³-hybridized carbons (Fsp3) is 0.143. The molecule has 2 aromatic rings. The first-order chi connectivity index (χ1) is 10.9. The summed E-state index contributed by atoms with van der Waals surface area (Å²) in [7, 11) is 0. The van der Waals surface area contributed by atoms with E-state index in [1.165, 1.54) is 0 Å². The van der Waals surface area contributed by atoms with E-state index in [-0.39, 0.29) is 18.7 Å². The van der Waals surface area contributed by atoms with E-state index >= 15 is 0 Å². The van der Waals surface area contributed by atoms with Crippen LogP contribution in [0.2, 0.25) is 0 Å². The minimum Gasteiger partial charge on any atom is -0.505 e. The predicted molar refractivity (Wildman–Crippen MR) is 83.8 cm³/mol. The molecule has 3 N–H and O–H groups in total. The summed E-state index contributed by atoms with van der Waals surface area (Å²) in [5, 5.41) is 24.4. The van der Waals surface area contributed by atoms with Gasteiger partial charge in [0.2, 0.25) is 0 Å². The molecule has 1 aromatic carbocycles. The number of benzene rings is 1. The van der Waals surface area contributed by atoms with Crippen LogP contribution in [0.3, 0.4) is 0 Å². The summed E-state index contributed by atoms with van der Waals surface area (Å²) in [6, 6.07) is 7.50. The number of carboxylic acid groups (broad SMARTS) is 1. The van der Waals surface area contributed by atoms with Crippen LogP contribution in [-0.2, 0) is 4.79 Å². The second-order valence-electron chi connectivity index (χ2n) is 4.50. The molecule has 0 bridgehead atoms. The summed E-state index contributed by atoms with van der Waals surface area (Å²) in [4.78, 5) is 34.3. The number of rotatable bonds is 5. The number of aliphatic carboxylic acids is 1. The van der Waals surface area contributed by atoms with Gasteiger partial charge in [-0.05, 0) is 24.3 Å². The Morgan fingerprint density at radius 3 is 2.52 bits per heavy atom. The molecule has 0 unspecified atom stereocenters. The summed E-state index contributed by atoms with van der Waals surface area (Å²) in [6.45, 7) is -0.118. The number of hydrogen-bond donors (Lipinski definition) is 3. The van der Waals surface area contributed by atoms with E-state index < -0.39 is 23.2 Å². The first-order valence-corrected chi connectivity index (χ1v) is 7.27. The van der Waals surface area contributed by atoms with Gasteiger partial charge in [0.15, 0.2) is 11.4 Å². The van der Waals surface area contributed by atoms with Crippen molar-refractivity contribution < 1.29 is 19.8 Å². The largest absolute Gasteiger partial charge is 0.505 e. The minimum atomic E-state index is -1.07. The molecule has 0 aliphatic carbocycles. The second kappa shape index (κ2) is 7.05. The van der Waals surface area contributed by atoms with Gasteiger partial charge in [-0.15, -0.1) is 0 Å². The molecule has 8 nitrogen and oxygen atoms in total. The van der Waals surface area contributed by atoms with Crippen LogP contribution in [0.1, 0.15) is 16.9 Å². The van der Waals surface area contributed by atoms with Gasteiger partial charge in [-0.25, -0.2) is 0 Å². The molecule has 0 saturated carbocycles. The Labute approximate surface area is 138 Å². The molecule has 0 spiro atoms. The Bertz CT molecular complexity index is 801. The third-order valence-corrected chi connectivity index (χ3v) is 3.35. The molecule has 0 aliphatic heterocycles. The molecule has 2 rings (SSSR count). The van der Waals surface area contributed by atoms with Gasteiger partial charge in [-0.1, -0.05) is 15.9 Å². The van der Waals surface area contributed by atoms with Gasteiger partial charge in [0, 0.05) is 17.1 Å². The standard InChI is InChI=1S/C14H12BrN3O5/c15-8-1-3-9(4-2-8)18-11(20)7-10(19)13(17-18)14(23)16-6-5-12(21)22/h1-4,7,19H,5-6H2,(H,16,23)(H,21,22). The number of halogens is 1. The van der Waals surface area contributed by atoms with E-state index in [0.717, 1.165) is 15.2 Å². The Balaban J connectivity index is 2.32. The number of hydrogen-bond acceptors (Lipinski definition) is 5. The fourth-order valence-electron chi connectivity index (χ4n) is 1.74. The van der Waals surface area contributed by atoms with Gasteiger partial charge < -0.3 is 15.5 Å². The zero-order valence-corrected chi connectivity index (χ0v) is 13.3. The number of nitrogens with one attached hydrogen (secondary N) is 1. The molecule has 0 atom stereocenters. The van der Waals surface area contributed by atoms with Crippen molar-refractivity contribution in [1.29, 1.82) is 0 Å². The van der Waals surface area contributed by atoms with Crippen LogP contribution in [0.4, 0.5) is 0 Å². The number of aromatic hydroxyl groups is 1. The third-order valence-electron chi connectivity index (χ3n) is 2.82. The van der Waals surface area contributed by atoms with Gasteiger partial charge in [0.05, 0.1) is 12.1 Å². The smallest absolute Gasteiger partial charge is 0.305 e. The van der Waals surface area contributed by atoms with Crippen LogP contribution >= 0.6 is 15.9 Å². The number of amides is 1. The lowest BCUT2D eigenvalue weighted by molar-refractivity contribution is -0.136. The highest BCUT2D eigenvalue weighted by molar-refractivity contribution is 9.10. The van der Waals surface area contributed by atoms with E-state index in [9.17, 15) is 19.5 Å². The zero-order chi connectivity index (χ0) is 17.0. The van der Waals surface area contributed by atoms with Gasteiger partial charge in [-0.3, -0.25) is 14.4 Å². The molecule has 1 amide bonds. The van der Waals surface area contributed by atoms with Gasteiger partial charge in [0.1, 0.15) is 0 Å². The number of carbonyl (C=O) groups excluding carboxylic acids is 1. The SMILES string of the molecule is O=C(O)CCNC(=O)c1nn(-c2ccc(Br)cc2)c(=O)cc1O. The summed E-state index contributed by atoms with van der Waals surface area (Å²) < 4.78 is 1.78. The van der Waals surface area contributed by atoms with Crippen LogP contribution in [-0.4, -0.2) is 38.4 Å². The molecule has 0 aliphatic rings. The van der Waals surface area contributed by atoms with Crippen molar-refractivity contribution >= 4 is 27.8 Å². The minimum absolute atomic E-state index is 0.118. The predicted octanol–water partition coefficient (Wildman–Crippen LogP) is 0.905. The number of carboxylic acids is 1. The molecule has 0 fully saturated rings. The molecule has 23 heavy (non-hydrogen) atoms. The molecular formula is C14H12BrN3O5. The average molecular weight is 382 g/mol. The number of nitrogens with zero attached hydrogens (tertiary/aromatic N) is 2. The van der Waals surface area contributed by atoms with E-state index in [0.29, 0.717) is 5.69 Å². The van der Waals surface area contributed by atoms with E-state index in [2.05, 4.69) is 26.3 Å². The summed E-state index contributed by atoms with van der Waals surface area (Å²) in [5.41, 5.74) is -0.553. The Morgan fingerprint density at radius 2 is 1.91 bits per heavy atom. The van der Waals surface area contributed by atoms with Crippen LogP contribution in [0, 0.1) is 0 Å². The van der Waals surface area contributed by atoms with E-state index in [1.54, 1.807) is 24.3 Å². The van der Waals surface area contributed by atoms with Crippen LogP contribution < -0.4 is 10.9 Å². The number of aromatic nitrogens is 2. The first kappa shape index (κ1) is 16.7. The molecular weight excluding hydrogens is 370 g/mol. The quantitative estimate of drug-likeness (QED) is 0.707. The normalized spacial score (nSPS) is 10.3. The summed E-state index contributed by atoms with van der Waals surface area (Å²) >= 11 is 3.27. The Hall–Kier alpha value is -2.68. The lowest BCUT2D eigenvalue weighted by Gasteiger charge is -2.09. The lowest BCUT2D eigenvalue weighted by Crippen LogP contribution is -2.30. The van der Waals surface area contributed by atoms with Crippen LogP contribution in [0.15, 0.2) is 39.6 Å². The number of carbonyl (C=O) groups is 2. The molecule has 0 saturated heterocycles. The van der Waals surface area contributed by atoms with Crippen molar-refractivity contribution in [2.24, 2.45) is 0 Å². The average Bonchev–Trinajstić information content (AvgIpc) is 2.48. The third kappa shape index (κ3) is 4.16. The van der Waals surface area contributed by atoms with Crippen molar-refractivity contribution in [2.45, 2.75) is 6.42 Å². The molecule has 9 heteroatoms. The highest BCUT2D eigenvalue weighted by Crippen LogP contribution is 2.15. The Kier molecular flexibility index (Phi) is 5.12. The molecule has 1 heterocycles. The topological polar surface area (TPSA) is 122 Å². The summed E-state index contributed by atoms with van der Waals surface area (Å²) in [6.07, 6.45) is -0.265. The maximum absolute atomic E-state index is 11.9. The summed E-state index contributed by atoms with van der Waals surface area (Å²) in [5.74, 6) is -2.41. The van der Waals surface area contributed by atoms with Crippen molar-refractivity contribution in [2.75, 3.05) is 6.54 Å². The first-order valence-electron chi connectivity index (χ1n) is 6.48. The van der Waals surface area contributed by atoms with Gasteiger partial charge in [0.25, 0.3) is 11.5 Å². The van der Waals surface area contributed by atoms with Crippen LogP contribution in [0.25, 0.3) is 5.69 Å². The molecule has 1 aromatic heterocycles. The maximum atomic E-state index is 11.9. The van der Waals surface area contributed by atoms with Gasteiger partial charge >= 0.3 is 5.97 Å². The lowest BCUT2D eigenvalue weighted by atomic mass is 10.3. The van der Waals surface area contributed by atoms with E-state index in [4.69, 9.17) is 5.11 Å². The zero-order valence-electron chi connectivity index (χ0n) is 11.7. The highest BCUT2D eigenvalue weighted by Gasteiger charge is 2.16. The fourth-order valence-corrected chi connectivity index (χ4v) is 2.01. The van der Waals surface area contributed by atoms with E-state index in [1.807, 2.05) is 0 Å². The van der Waals surface area contributed by atoms with Gasteiger partial charge in [-0.2, -0.15) is 9.78 Å². The second-order valence-corrected chi connectivity index (χ2v) is 5.42. The van der Waals surface area contributed by atoms with Crippen molar-refractivity contribution in [3.8, 4) is 11.4 Å². The van der Waals surface area contributed by atoms with Crippen molar-refractivity contribution in [1.82, 2.24) is 15.1 Å². The monoisotopic (exact) mass is 381 g/mol. The maximum Gasteiger partial charge on any atom is 0.305 e. The molecule has 0 radical (unpaired) electrons. The Morgan fingerprint density at radius 1 is 1.26 bits per heavy atom. The van der Waals surface area contributed by atoms with Crippen molar-refractivity contribution in [3.63, 3.8) is 0 Å². The molecule has 120 valence electrons. The highest BCUT2D eigenvalue weighted by atomic mass is 79.9. The van der Waals surface area contributed by atoms with Crippen molar-refractivity contribution in [3.05, 3.63) is 50.9 Å². The van der Waals surface area contributed by atoms with Crippen LogP contribution in [0.5, 0.6) is 5.75 Å².